The van der Waals surface area contributed by atoms with Gasteiger partial charge in [0.25, 0.3) is 0 Å². The summed E-state index contributed by atoms with van der Waals surface area (Å²) >= 11 is 0. The van der Waals surface area contributed by atoms with Gasteiger partial charge in [-0.25, -0.2) is 0 Å². The highest BCUT2D eigenvalue weighted by molar-refractivity contribution is 7.90. The van der Waals surface area contributed by atoms with E-state index in [1.54, 1.807) is 24.3 Å². The van der Waals surface area contributed by atoms with E-state index in [-0.39, 0.29) is 12.4 Å². The summed E-state index contributed by atoms with van der Waals surface area (Å²) in [7, 11) is -3.47. The molecule has 1 saturated heterocycles. The van der Waals surface area contributed by atoms with Crippen molar-refractivity contribution >= 4 is 34.0 Å². The van der Waals surface area contributed by atoms with Gasteiger partial charge in [-0.3, -0.25) is 4.31 Å². The zero-order chi connectivity index (χ0) is 14.9. The van der Waals surface area contributed by atoms with Gasteiger partial charge >= 0.3 is 10.2 Å². The van der Waals surface area contributed by atoms with E-state index in [0.29, 0.717) is 31.0 Å². The van der Waals surface area contributed by atoms with Gasteiger partial charge in [0.1, 0.15) is 0 Å². The minimum absolute atomic E-state index is 0. The molecule has 1 aliphatic heterocycles. The number of hydrogen-bond donors (Lipinski definition) is 1. The van der Waals surface area contributed by atoms with Crippen LogP contribution in [0.15, 0.2) is 54.6 Å². The molecule has 0 atom stereocenters. The first-order valence-electron chi connectivity index (χ1n) is 6.75. The van der Waals surface area contributed by atoms with Crippen LogP contribution in [0.3, 0.4) is 0 Å². The summed E-state index contributed by atoms with van der Waals surface area (Å²) in [5.74, 6) is 0. The van der Waals surface area contributed by atoms with Crippen molar-refractivity contribution in [3.05, 3.63) is 60.2 Å². The lowest BCUT2D eigenvalue weighted by Crippen LogP contribution is -2.32. The average Bonchev–Trinajstić information content (AvgIpc) is 2.76. The third kappa shape index (κ3) is 3.19. The third-order valence-electron chi connectivity index (χ3n) is 3.54. The van der Waals surface area contributed by atoms with Gasteiger partial charge in [-0.15, -0.1) is 12.4 Å². The lowest BCUT2D eigenvalue weighted by atomic mass is 10.2. The maximum absolute atomic E-state index is 12.6. The van der Waals surface area contributed by atoms with Crippen LogP contribution in [0.4, 0.5) is 11.4 Å². The van der Waals surface area contributed by atoms with E-state index >= 15 is 0 Å². The van der Waals surface area contributed by atoms with Gasteiger partial charge in [0.05, 0.1) is 5.69 Å². The van der Waals surface area contributed by atoms with Gasteiger partial charge in [0, 0.05) is 25.3 Å². The second-order valence-corrected chi connectivity index (χ2v) is 6.84. The van der Waals surface area contributed by atoms with Gasteiger partial charge < -0.3 is 5.73 Å². The van der Waals surface area contributed by atoms with Crippen LogP contribution in [0.1, 0.15) is 5.56 Å². The van der Waals surface area contributed by atoms with Crippen LogP contribution >= 0.6 is 12.4 Å². The maximum atomic E-state index is 12.6. The van der Waals surface area contributed by atoms with Crippen molar-refractivity contribution in [2.45, 2.75) is 6.54 Å². The normalized spacial score (nSPS) is 17.2. The maximum Gasteiger partial charge on any atom is 0.304 e. The average molecular weight is 340 g/mol. The zero-order valence-electron chi connectivity index (χ0n) is 11.9. The second kappa shape index (κ2) is 6.56. The Morgan fingerprint density at radius 1 is 0.955 bits per heavy atom. The van der Waals surface area contributed by atoms with E-state index in [9.17, 15) is 8.42 Å². The highest BCUT2D eigenvalue weighted by Gasteiger charge is 2.36. The fraction of sp³-hybridized carbons (Fsp3) is 0.200. The van der Waals surface area contributed by atoms with Crippen molar-refractivity contribution in [3.63, 3.8) is 0 Å². The molecule has 0 radical (unpaired) electrons. The van der Waals surface area contributed by atoms with Gasteiger partial charge in [-0.2, -0.15) is 12.7 Å². The molecule has 0 aliphatic carbocycles. The van der Waals surface area contributed by atoms with Gasteiger partial charge in [0.2, 0.25) is 0 Å². The molecule has 0 bridgehead atoms. The highest BCUT2D eigenvalue weighted by Crippen LogP contribution is 2.27. The van der Waals surface area contributed by atoms with E-state index in [4.69, 9.17) is 5.73 Å². The summed E-state index contributed by atoms with van der Waals surface area (Å²) in [6.45, 7) is 1.34. The van der Waals surface area contributed by atoms with Crippen molar-refractivity contribution < 1.29 is 8.42 Å². The van der Waals surface area contributed by atoms with Crippen LogP contribution in [0.5, 0.6) is 0 Å². The molecule has 2 aromatic carbocycles. The SMILES string of the molecule is Cl.Nc1ccc(N2CCN(Cc3ccccc3)S2(=O)=O)cc1. The van der Waals surface area contributed by atoms with Gasteiger partial charge in [-0.1, -0.05) is 30.3 Å². The number of benzene rings is 2. The van der Waals surface area contributed by atoms with E-state index in [1.807, 2.05) is 30.3 Å². The molecule has 0 saturated carbocycles. The lowest BCUT2D eigenvalue weighted by Gasteiger charge is -2.20. The first kappa shape index (κ1) is 16.6. The van der Waals surface area contributed by atoms with Crippen molar-refractivity contribution in [2.75, 3.05) is 23.1 Å². The summed E-state index contributed by atoms with van der Waals surface area (Å²) < 4.78 is 28.1. The minimum Gasteiger partial charge on any atom is -0.399 e. The molecule has 2 N–H and O–H groups in total. The van der Waals surface area contributed by atoms with Crippen molar-refractivity contribution in [3.8, 4) is 0 Å². The van der Waals surface area contributed by atoms with Gasteiger partial charge in [-0.05, 0) is 29.8 Å². The first-order chi connectivity index (χ1) is 10.1. The number of nitrogen functional groups attached to an aromatic ring is 1. The quantitative estimate of drug-likeness (QED) is 0.872. The van der Waals surface area contributed by atoms with E-state index in [1.165, 1.54) is 8.61 Å². The van der Waals surface area contributed by atoms with E-state index < -0.39 is 10.2 Å². The summed E-state index contributed by atoms with van der Waals surface area (Å²) in [5.41, 5.74) is 7.90. The van der Waals surface area contributed by atoms with Crippen molar-refractivity contribution in [1.82, 2.24) is 4.31 Å². The smallest absolute Gasteiger partial charge is 0.304 e. The Labute approximate surface area is 136 Å². The standard InChI is InChI=1S/C15H17N3O2S.ClH/c16-14-6-8-15(9-7-14)18-11-10-17(21(18,19)20)12-13-4-2-1-3-5-13;/h1-9H,10-12,16H2;1H. The molecular weight excluding hydrogens is 322 g/mol. The Kier molecular flexibility index (Phi) is 4.95. The minimum atomic E-state index is -3.47. The number of nitrogens with zero attached hydrogens (tertiary/aromatic N) is 2. The van der Waals surface area contributed by atoms with Gasteiger partial charge in [0.15, 0.2) is 0 Å². The molecule has 3 rings (SSSR count). The number of rotatable bonds is 3. The number of nitrogens with two attached hydrogens (primary N) is 1. The Morgan fingerprint density at radius 3 is 2.23 bits per heavy atom. The number of halogens is 1. The van der Waals surface area contributed by atoms with E-state index in [2.05, 4.69) is 0 Å². The van der Waals surface area contributed by atoms with Crippen LogP contribution in [-0.2, 0) is 16.8 Å². The predicted molar refractivity (Wildman–Crippen MR) is 91.2 cm³/mol. The molecule has 22 heavy (non-hydrogen) atoms. The topological polar surface area (TPSA) is 66.6 Å². The molecule has 1 heterocycles. The monoisotopic (exact) mass is 339 g/mol. The zero-order valence-corrected chi connectivity index (χ0v) is 13.6. The second-order valence-electron chi connectivity index (χ2n) is 4.99. The molecule has 0 amide bonds. The molecular formula is C15H18ClN3O2S. The van der Waals surface area contributed by atoms with Crippen molar-refractivity contribution in [2.24, 2.45) is 0 Å². The number of anilines is 2. The molecule has 0 aromatic heterocycles. The van der Waals surface area contributed by atoms with Crippen LogP contribution in [0, 0.1) is 0 Å². The Bertz CT molecular complexity index is 720. The first-order valence-corrected chi connectivity index (χ1v) is 8.14. The lowest BCUT2D eigenvalue weighted by molar-refractivity contribution is 0.446. The number of hydrogen-bond acceptors (Lipinski definition) is 3. The molecule has 1 fully saturated rings. The fourth-order valence-corrected chi connectivity index (χ4v) is 4.03. The largest absolute Gasteiger partial charge is 0.399 e. The molecule has 2 aromatic rings. The molecule has 7 heteroatoms. The summed E-state index contributed by atoms with van der Waals surface area (Å²) in [4.78, 5) is 0. The van der Waals surface area contributed by atoms with E-state index in [0.717, 1.165) is 5.56 Å². The molecule has 5 nitrogen and oxygen atoms in total. The highest BCUT2D eigenvalue weighted by atomic mass is 35.5. The Hall–Kier alpha value is -1.76. The van der Waals surface area contributed by atoms with Crippen molar-refractivity contribution in [1.29, 1.82) is 0 Å². The third-order valence-corrected chi connectivity index (χ3v) is 5.45. The summed E-state index contributed by atoms with van der Waals surface area (Å²) in [6, 6.07) is 16.5. The summed E-state index contributed by atoms with van der Waals surface area (Å²) in [5, 5.41) is 0. The molecule has 0 spiro atoms. The predicted octanol–water partition coefficient (Wildman–Crippen LogP) is 2.26. The summed E-state index contributed by atoms with van der Waals surface area (Å²) in [6.07, 6.45) is 0. The Balaban J connectivity index is 0.00000176. The van der Waals surface area contributed by atoms with Crippen LogP contribution in [0.25, 0.3) is 0 Å². The fourth-order valence-electron chi connectivity index (χ4n) is 2.42. The molecule has 0 unspecified atom stereocenters. The van der Waals surface area contributed by atoms with Crippen LogP contribution in [-0.4, -0.2) is 25.8 Å². The Morgan fingerprint density at radius 2 is 1.59 bits per heavy atom. The molecule has 1 aliphatic rings. The molecule has 118 valence electrons. The van der Waals surface area contributed by atoms with Crippen LogP contribution in [0.2, 0.25) is 0 Å². The van der Waals surface area contributed by atoms with Crippen LogP contribution < -0.4 is 10.0 Å².